The van der Waals surface area contributed by atoms with Crippen LogP contribution in [0.3, 0.4) is 0 Å². The molecule has 1 heterocycles. The van der Waals surface area contributed by atoms with Gasteiger partial charge in [0.15, 0.2) is 0 Å². The summed E-state index contributed by atoms with van der Waals surface area (Å²) in [6.07, 6.45) is 1.73. The summed E-state index contributed by atoms with van der Waals surface area (Å²) in [6, 6.07) is 7.52. The van der Waals surface area contributed by atoms with Gasteiger partial charge in [-0.3, -0.25) is 4.98 Å². The van der Waals surface area contributed by atoms with E-state index in [1.807, 2.05) is 24.3 Å². The van der Waals surface area contributed by atoms with E-state index in [4.69, 9.17) is 0 Å². The molecule has 2 rings (SSSR count). The molecule has 0 aliphatic carbocycles. The highest BCUT2D eigenvalue weighted by molar-refractivity contribution is 6.62. The molecule has 0 bridgehead atoms. The van der Waals surface area contributed by atoms with Gasteiger partial charge in [-0.1, -0.05) is 24.3 Å². The molecule has 70 valence electrons. The molecule has 2 N–H and O–H groups in total. The molecular formula is C10H10BNO2. The van der Waals surface area contributed by atoms with Crippen molar-refractivity contribution in [1.82, 2.24) is 4.98 Å². The Labute approximate surface area is 82.2 Å². The minimum atomic E-state index is -1.46. The summed E-state index contributed by atoms with van der Waals surface area (Å²) in [5.41, 5.74) is 1.14. The van der Waals surface area contributed by atoms with Gasteiger partial charge in [0.25, 0.3) is 0 Å². The van der Waals surface area contributed by atoms with E-state index in [1.165, 1.54) is 0 Å². The molecule has 0 radical (unpaired) electrons. The fraction of sp³-hybridized carbons (Fsp3) is 0.100. The van der Waals surface area contributed by atoms with Crippen molar-refractivity contribution in [2.75, 3.05) is 0 Å². The highest BCUT2D eigenvalue weighted by Gasteiger charge is 2.17. The standard InChI is InChI=1S/C10H10BNO2/c1-7-10(11(13)14)9-5-3-2-4-8(9)6-12-7/h2-6,13-14H,1H3. The quantitative estimate of drug-likeness (QED) is 0.628. The van der Waals surface area contributed by atoms with E-state index in [9.17, 15) is 10.0 Å². The van der Waals surface area contributed by atoms with Crippen LogP contribution in [0.2, 0.25) is 0 Å². The molecule has 4 heteroatoms. The van der Waals surface area contributed by atoms with E-state index >= 15 is 0 Å². The average molecular weight is 187 g/mol. The fourth-order valence-corrected chi connectivity index (χ4v) is 1.61. The van der Waals surface area contributed by atoms with E-state index in [0.29, 0.717) is 11.2 Å². The number of aryl methyl sites for hydroxylation is 1. The Bertz CT molecular complexity index is 471. The van der Waals surface area contributed by atoms with Crippen LogP contribution in [0.5, 0.6) is 0 Å². The Morgan fingerprint density at radius 2 is 1.93 bits per heavy atom. The molecule has 14 heavy (non-hydrogen) atoms. The monoisotopic (exact) mass is 187 g/mol. The summed E-state index contributed by atoms with van der Waals surface area (Å²) >= 11 is 0. The van der Waals surface area contributed by atoms with Gasteiger partial charge in [-0.25, -0.2) is 0 Å². The molecule has 0 saturated heterocycles. The predicted octanol–water partition coefficient (Wildman–Crippen LogP) is 0.223. The minimum Gasteiger partial charge on any atom is -0.423 e. The number of aromatic nitrogens is 1. The molecule has 3 nitrogen and oxygen atoms in total. The molecule has 0 amide bonds. The van der Waals surface area contributed by atoms with Gasteiger partial charge in [0.1, 0.15) is 0 Å². The third-order valence-electron chi connectivity index (χ3n) is 2.30. The maximum absolute atomic E-state index is 9.22. The van der Waals surface area contributed by atoms with Crippen molar-refractivity contribution in [2.24, 2.45) is 0 Å². The number of nitrogens with zero attached hydrogens (tertiary/aromatic N) is 1. The summed E-state index contributed by atoms with van der Waals surface area (Å²) in [5, 5.41) is 20.2. The van der Waals surface area contributed by atoms with Crippen LogP contribution in [0.4, 0.5) is 0 Å². The molecule has 0 unspecified atom stereocenters. The zero-order chi connectivity index (χ0) is 10.1. The minimum absolute atomic E-state index is 0.489. The Kier molecular flexibility index (Phi) is 2.23. The zero-order valence-corrected chi connectivity index (χ0v) is 7.81. The first-order valence-electron chi connectivity index (χ1n) is 4.40. The highest BCUT2D eigenvalue weighted by atomic mass is 16.4. The van der Waals surface area contributed by atoms with Crippen LogP contribution < -0.4 is 5.46 Å². The predicted molar refractivity (Wildman–Crippen MR) is 56.3 cm³/mol. The Hall–Kier alpha value is -1.39. The zero-order valence-electron chi connectivity index (χ0n) is 7.81. The van der Waals surface area contributed by atoms with E-state index in [1.54, 1.807) is 13.1 Å². The maximum Gasteiger partial charge on any atom is 0.490 e. The molecule has 0 aliphatic rings. The Morgan fingerprint density at radius 1 is 1.21 bits per heavy atom. The number of fused-ring (bicyclic) bond motifs is 1. The molecule has 0 spiro atoms. The van der Waals surface area contributed by atoms with Crippen molar-refractivity contribution in [3.63, 3.8) is 0 Å². The van der Waals surface area contributed by atoms with Gasteiger partial charge in [-0.2, -0.15) is 0 Å². The van der Waals surface area contributed by atoms with Gasteiger partial charge in [0.2, 0.25) is 0 Å². The molecule has 0 saturated carbocycles. The van der Waals surface area contributed by atoms with Crippen LogP contribution in [-0.4, -0.2) is 22.2 Å². The topological polar surface area (TPSA) is 53.4 Å². The number of rotatable bonds is 1. The third kappa shape index (κ3) is 1.39. The highest BCUT2D eigenvalue weighted by Crippen LogP contribution is 2.11. The Balaban J connectivity index is 2.83. The van der Waals surface area contributed by atoms with Gasteiger partial charge in [0, 0.05) is 17.4 Å². The number of hydrogen-bond acceptors (Lipinski definition) is 3. The first-order chi connectivity index (χ1) is 6.70. The summed E-state index contributed by atoms with van der Waals surface area (Å²) in [5.74, 6) is 0. The van der Waals surface area contributed by atoms with Crippen LogP contribution in [0.1, 0.15) is 5.69 Å². The first-order valence-corrected chi connectivity index (χ1v) is 4.40. The molecule has 2 aromatic rings. The number of benzene rings is 1. The summed E-state index contributed by atoms with van der Waals surface area (Å²) in [6.45, 7) is 1.77. The summed E-state index contributed by atoms with van der Waals surface area (Å²) in [7, 11) is -1.46. The van der Waals surface area contributed by atoms with Gasteiger partial charge < -0.3 is 10.0 Å². The lowest BCUT2D eigenvalue weighted by Crippen LogP contribution is -2.33. The van der Waals surface area contributed by atoms with Crippen molar-refractivity contribution in [1.29, 1.82) is 0 Å². The van der Waals surface area contributed by atoms with Crippen molar-refractivity contribution in [3.05, 3.63) is 36.2 Å². The van der Waals surface area contributed by atoms with Gasteiger partial charge in [-0.05, 0) is 17.7 Å². The van der Waals surface area contributed by atoms with Crippen LogP contribution in [0.25, 0.3) is 10.8 Å². The SMILES string of the molecule is Cc1ncc2ccccc2c1B(O)O. The lowest BCUT2D eigenvalue weighted by Gasteiger charge is -2.07. The average Bonchev–Trinajstić information content (AvgIpc) is 2.17. The first kappa shape index (κ1) is 9.18. The van der Waals surface area contributed by atoms with Crippen LogP contribution >= 0.6 is 0 Å². The molecule has 0 aliphatic heterocycles. The van der Waals surface area contributed by atoms with Gasteiger partial charge >= 0.3 is 7.12 Å². The van der Waals surface area contributed by atoms with Crippen molar-refractivity contribution < 1.29 is 10.0 Å². The van der Waals surface area contributed by atoms with E-state index in [-0.39, 0.29) is 0 Å². The van der Waals surface area contributed by atoms with Crippen molar-refractivity contribution >= 4 is 23.4 Å². The molecule has 1 aromatic carbocycles. The largest absolute Gasteiger partial charge is 0.490 e. The number of hydrogen-bond donors (Lipinski definition) is 2. The summed E-state index contributed by atoms with van der Waals surface area (Å²) in [4.78, 5) is 4.11. The van der Waals surface area contributed by atoms with Crippen LogP contribution in [0.15, 0.2) is 30.5 Å². The lowest BCUT2D eigenvalue weighted by atomic mass is 9.76. The fourth-order valence-electron chi connectivity index (χ4n) is 1.61. The van der Waals surface area contributed by atoms with E-state index < -0.39 is 7.12 Å². The van der Waals surface area contributed by atoms with Crippen molar-refractivity contribution in [3.8, 4) is 0 Å². The van der Waals surface area contributed by atoms with Crippen LogP contribution in [-0.2, 0) is 0 Å². The van der Waals surface area contributed by atoms with Crippen molar-refractivity contribution in [2.45, 2.75) is 6.92 Å². The van der Waals surface area contributed by atoms with Gasteiger partial charge in [-0.15, -0.1) is 0 Å². The normalized spacial score (nSPS) is 10.5. The van der Waals surface area contributed by atoms with Gasteiger partial charge in [0.05, 0.1) is 0 Å². The smallest absolute Gasteiger partial charge is 0.423 e. The second kappa shape index (κ2) is 3.40. The molecule has 0 atom stereocenters. The molecule has 1 aromatic heterocycles. The van der Waals surface area contributed by atoms with Crippen LogP contribution in [0, 0.1) is 6.92 Å². The lowest BCUT2D eigenvalue weighted by molar-refractivity contribution is 0.426. The summed E-state index contributed by atoms with van der Waals surface area (Å²) < 4.78 is 0. The number of pyridine rings is 1. The molecular weight excluding hydrogens is 177 g/mol. The molecule has 0 fully saturated rings. The maximum atomic E-state index is 9.22. The Morgan fingerprint density at radius 3 is 2.64 bits per heavy atom. The van der Waals surface area contributed by atoms with E-state index in [2.05, 4.69) is 4.98 Å². The second-order valence-electron chi connectivity index (χ2n) is 3.22. The second-order valence-corrected chi connectivity index (χ2v) is 3.22. The third-order valence-corrected chi connectivity index (χ3v) is 2.30. The van der Waals surface area contributed by atoms with E-state index in [0.717, 1.165) is 10.8 Å².